The Morgan fingerprint density at radius 1 is 1.18 bits per heavy atom. The molecule has 0 aliphatic carbocycles. The Morgan fingerprint density at radius 2 is 1.93 bits per heavy atom. The number of rotatable bonds is 6. The van der Waals surface area contributed by atoms with E-state index in [9.17, 15) is 18.8 Å². The average Bonchev–Trinajstić information content (AvgIpc) is 3.14. The van der Waals surface area contributed by atoms with Gasteiger partial charge in [-0.2, -0.15) is 5.10 Å². The highest BCUT2D eigenvalue weighted by atomic mass is 32.1. The van der Waals surface area contributed by atoms with Crippen molar-refractivity contribution >= 4 is 28.3 Å². The van der Waals surface area contributed by atoms with Crippen LogP contribution in [-0.4, -0.2) is 33.2 Å². The van der Waals surface area contributed by atoms with Gasteiger partial charge < -0.3 is 4.74 Å². The number of carbonyl (C=O) groups excluding carboxylic acids is 2. The molecule has 2 heterocycles. The lowest BCUT2D eigenvalue weighted by atomic mass is 10.2. The Labute approximate surface area is 162 Å². The summed E-state index contributed by atoms with van der Waals surface area (Å²) in [6.07, 6.45) is 0. The maximum atomic E-state index is 13.0. The van der Waals surface area contributed by atoms with Gasteiger partial charge in [0.25, 0.3) is 11.5 Å². The van der Waals surface area contributed by atoms with Gasteiger partial charge in [-0.1, -0.05) is 12.1 Å². The van der Waals surface area contributed by atoms with Gasteiger partial charge in [-0.15, -0.1) is 11.3 Å². The summed E-state index contributed by atoms with van der Waals surface area (Å²) in [5.74, 6) is -1.55. The first-order valence-corrected chi connectivity index (χ1v) is 9.11. The maximum absolute atomic E-state index is 13.0. The summed E-state index contributed by atoms with van der Waals surface area (Å²) in [5, 5.41) is 8.24. The van der Waals surface area contributed by atoms with E-state index in [0.29, 0.717) is 5.56 Å². The number of benzene rings is 1. The third kappa shape index (κ3) is 4.65. The Balaban J connectivity index is 1.74. The molecular weight excluding hydrogens is 387 g/mol. The van der Waals surface area contributed by atoms with Crippen LogP contribution in [0.5, 0.6) is 0 Å². The van der Waals surface area contributed by atoms with Gasteiger partial charge in [0.05, 0.1) is 13.2 Å². The summed E-state index contributed by atoms with van der Waals surface area (Å²) in [4.78, 5) is 40.0. The Bertz CT molecular complexity index is 1060. The third-order valence-corrected chi connectivity index (χ3v) is 4.31. The van der Waals surface area contributed by atoms with Gasteiger partial charge >= 0.3 is 5.97 Å². The number of halogens is 1. The number of carbonyl (C=O) groups is 2. The molecule has 10 heteroatoms. The van der Waals surface area contributed by atoms with E-state index in [1.54, 1.807) is 6.92 Å². The van der Waals surface area contributed by atoms with E-state index in [4.69, 9.17) is 4.74 Å². The molecule has 144 valence electrons. The zero-order valence-corrected chi connectivity index (χ0v) is 15.5. The number of aromatic nitrogens is 3. The summed E-state index contributed by atoms with van der Waals surface area (Å²) in [7, 11) is 0. The topological polar surface area (TPSA) is 103 Å². The second kappa shape index (κ2) is 8.53. The predicted molar refractivity (Wildman–Crippen MR) is 100 cm³/mol. The maximum Gasteiger partial charge on any atom is 0.357 e. The predicted octanol–water partition coefficient (Wildman–Crippen LogP) is 2.32. The summed E-state index contributed by atoms with van der Waals surface area (Å²) in [6.45, 7) is 1.99. The minimum absolute atomic E-state index is 0.00500. The first-order valence-electron chi connectivity index (χ1n) is 8.23. The zero-order valence-electron chi connectivity index (χ0n) is 14.7. The van der Waals surface area contributed by atoms with E-state index < -0.39 is 17.4 Å². The number of esters is 1. The van der Waals surface area contributed by atoms with Crippen molar-refractivity contribution in [3.05, 3.63) is 74.9 Å². The normalized spacial score (nSPS) is 10.5. The minimum atomic E-state index is -0.586. The molecule has 0 unspecified atom stereocenters. The number of ether oxygens (including phenoxy) is 1. The van der Waals surface area contributed by atoms with Gasteiger partial charge in [-0.25, -0.2) is 18.9 Å². The van der Waals surface area contributed by atoms with Crippen LogP contribution in [0.25, 0.3) is 0 Å². The number of nitrogens with zero attached hydrogens (tertiary/aromatic N) is 3. The van der Waals surface area contributed by atoms with Crippen molar-refractivity contribution in [3.8, 4) is 0 Å². The second-order valence-corrected chi connectivity index (χ2v) is 6.41. The monoisotopic (exact) mass is 402 g/mol. The average molecular weight is 402 g/mol. The van der Waals surface area contributed by atoms with Crippen molar-refractivity contribution in [1.82, 2.24) is 14.8 Å². The highest BCUT2D eigenvalue weighted by Gasteiger charge is 2.15. The molecule has 0 saturated heterocycles. The smallest absolute Gasteiger partial charge is 0.357 e. The fourth-order valence-electron chi connectivity index (χ4n) is 2.24. The van der Waals surface area contributed by atoms with E-state index >= 15 is 0 Å². The van der Waals surface area contributed by atoms with Crippen LogP contribution in [0.15, 0.2) is 46.6 Å². The lowest BCUT2D eigenvalue weighted by Gasteiger charge is -2.07. The summed E-state index contributed by atoms with van der Waals surface area (Å²) >= 11 is 1.06. The minimum Gasteiger partial charge on any atom is -0.461 e. The van der Waals surface area contributed by atoms with E-state index in [1.165, 1.54) is 41.8 Å². The third-order valence-electron chi connectivity index (χ3n) is 3.55. The molecule has 0 atom stereocenters. The standard InChI is InChI=1S/C18H15FN4O4S/c1-2-27-17(26)14-10-28-18(20-14)21-16(25)13-7-8-15(24)23(22-13)9-11-3-5-12(19)6-4-11/h3-8,10H,2,9H2,1H3,(H,20,21,25). The van der Waals surface area contributed by atoms with E-state index in [0.717, 1.165) is 16.0 Å². The van der Waals surface area contributed by atoms with Crippen LogP contribution in [-0.2, 0) is 11.3 Å². The van der Waals surface area contributed by atoms with Crippen molar-refractivity contribution < 1.29 is 18.7 Å². The molecule has 0 spiro atoms. The van der Waals surface area contributed by atoms with E-state index in [1.807, 2.05) is 0 Å². The number of thiazole rings is 1. The number of amides is 1. The van der Waals surface area contributed by atoms with Gasteiger partial charge in [0, 0.05) is 11.4 Å². The van der Waals surface area contributed by atoms with Crippen molar-refractivity contribution in [1.29, 1.82) is 0 Å². The summed E-state index contributed by atoms with van der Waals surface area (Å²) in [6, 6.07) is 8.13. The SMILES string of the molecule is CCOC(=O)c1csc(NC(=O)c2ccc(=O)n(Cc3ccc(F)cc3)n2)n1. The Hall–Kier alpha value is -3.40. The molecule has 3 rings (SSSR count). The molecule has 0 aliphatic heterocycles. The molecule has 28 heavy (non-hydrogen) atoms. The lowest BCUT2D eigenvalue weighted by Crippen LogP contribution is -2.26. The van der Waals surface area contributed by atoms with Crippen molar-refractivity contribution in [2.24, 2.45) is 0 Å². The number of hydrogen-bond donors (Lipinski definition) is 1. The molecule has 1 aromatic carbocycles. The second-order valence-electron chi connectivity index (χ2n) is 5.55. The van der Waals surface area contributed by atoms with Crippen LogP contribution < -0.4 is 10.9 Å². The van der Waals surface area contributed by atoms with Crippen molar-refractivity contribution in [2.75, 3.05) is 11.9 Å². The van der Waals surface area contributed by atoms with Gasteiger partial charge in [-0.3, -0.25) is 14.9 Å². The number of anilines is 1. The highest BCUT2D eigenvalue weighted by Crippen LogP contribution is 2.17. The van der Waals surface area contributed by atoms with Crippen LogP contribution in [0.2, 0.25) is 0 Å². The highest BCUT2D eigenvalue weighted by molar-refractivity contribution is 7.14. The molecule has 0 fully saturated rings. The van der Waals surface area contributed by atoms with Crippen molar-refractivity contribution in [2.45, 2.75) is 13.5 Å². The van der Waals surface area contributed by atoms with Gasteiger partial charge in [0.15, 0.2) is 10.8 Å². The molecule has 0 aliphatic rings. The molecule has 1 N–H and O–H groups in total. The van der Waals surface area contributed by atoms with Crippen LogP contribution in [0.4, 0.5) is 9.52 Å². The molecular formula is C18H15FN4O4S. The zero-order chi connectivity index (χ0) is 20.1. The van der Waals surface area contributed by atoms with E-state index in [-0.39, 0.29) is 35.5 Å². The molecule has 8 nitrogen and oxygen atoms in total. The lowest BCUT2D eigenvalue weighted by molar-refractivity contribution is 0.0520. The molecule has 0 saturated carbocycles. The fourth-order valence-corrected chi connectivity index (χ4v) is 2.91. The first-order chi connectivity index (χ1) is 13.5. The van der Waals surface area contributed by atoms with E-state index in [2.05, 4.69) is 15.4 Å². The first kappa shape index (κ1) is 19.4. The number of hydrogen-bond acceptors (Lipinski definition) is 7. The van der Waals surface area contributed by atoms with Gasteiger partial charge in [0.1, 0.15) is 11.5 Å². The fraction of sp³-hybridized carbons (Fsp3) is 0.167. The van der Waals surface area contributed by atoms with Crippen molar-refractivity contribution in [3.63, 3.8) is 0 Å². The quantitative estimate of drug-likeness (QED) is 0.635. The summed E-state index contributed by atoms with van der Waals surface area (Å²) < 4.78 is 19.0. The van der Waals surface area contributed by atoms with Gasteiger partial charge in [0.2, 0.25) is 0 Å². The van der Waals surface area contributed by atoms with Crippen LogP contribution in [0.1, 0.15) is 33.5 Å². The van der Waals surface area contributed by atoms with Crippen LogP contribution in [0, 0.1) is 5.82 Å². The van der Waals surface area contributed by atoms with Crippen LogP contribution >= 0.6 is 11.3 Å². The molecule has 3 aromatic rings. The van der Waals surface area contributed by atoms with Crippen LogP contribution in [0.3, 0.4) is 0 Å². The molecule has 0 radical (unpaired) electrons. The molecule has 1 amide bonds. The largest absolute Gasteiger partial charge is 0.461 e. The molecule has 2 aromatic heterocycles. The number of nitrogens with one attached hydrogen (secondary N) is 1. The summed E-state index contributed by atoms with van der Waals surface area (Å²) in [5.41, 5.74) is 0.346. The Kier molecular flexibility index (Phi) is 5.90. The Morgan fingerprint density at radius 3 is 2.64 bits per heavy atom. The molecule has 0 bridgehead atoms. The van der Waals surface area contributed by atoms with Gasteiger partial charge in [-0.05, 0) is 30.7 Å².